The molecule has 0 aromatic carbocycles. The van der Waals surface area contributed by atoms with Gasteiger partial charge in [-0.25, -0.2) is 0 Å². The summed E-state index contributed by atoms with van der Waals surface area (Å²) in [5.74, 6) is -0.268. The van der Waals surface area contributed by atoms with E-state index in [-0.39, 0.29) is 18.9 Å². The first-order valence-corrected chi connectivity index (χ1v) is 46.4. The summed E-state index contributed by atoms with van der Waals surface area (Å²) in [6.07, 6.45) is 66.9. The van der Waals surface area contributed by atoms with E-state index in [1.165, 1.54) is 315 Å². The lowest BCUT2D eigenvalue weighted by atomic mass is 9.96. The monoisotopic (exact) mass is 1580 g/mol. The number of carbonyl (C=O) groups excluding carboxylic acids is 1. The third-order valence-electron chi connectivity index (χ3n) is 23.1. The summed E-state index contributed by atoms with van der Waals surface area (Å²) in [7, 11) is 0. The molecule has 3 rings (SSSR count). The molecule has 111 heavy (non-hydrogen) atoms. The Bertz CT molecular complexity index is 2190. The van der Waals surface area contributed by atoms with Crippen LogP contribution in [-0.2, 0) is 33.2 Å². The lowest BCUT2D eigenvalue weighted by Gasteiger charge is -2.48. The molecule has 17 atom stereocenters. The first-order chi connectivity index (χ1) is 54.3. The second-order valence-corrected chi connectivity index (χ2v) is 33.1. The molecule has 3 heterocycles. The molecule has 0 saturated carbocycles. The zero-order valence-electron chi connectivity index (χ0n) is 70.5. The van der Waals surface area contributed by atoms with Gasteiger partial charge in [-0.3, -0.25) is 4.79 Å². The maximum absolute atomic E-state index is 13.5. The first-order valence-electron chi connectivity index (χ1n) is 46.4. The van der Waals surface area contributed by atoms with E-state index in [0.717, 1.165) is 57.8 Å². The Balaban J connectivity index is 1.32. The normalized spacial score (nSPS) is 25.2. The Morgan fingerprint density at radius 2 is 0.595 bits per heavy atom. The molecule has 0 aromatic rings. The highest BCUT2D eigenvalue weighted by molar-refractivity contribution is 5.76. The van der Waals surface area contributed by atoms with Gasteiger partial charge in [-0.05, 0) is 57.8 Å². The Morgan fingerprint density at radius 3 is 0.928 bits per heavy atom. The second-order valence-electron chi connectivity index (χ2n) is 33.1. The van der Waals surface area contributed by atoms with E-state index in [0.29, 0.717) is 6.42 Å². The van der Waals surface area contributed by atoms with Crippen LogP contribution in [0.5, 0.6) is 0 Å². The van der Waals surface area contributed by atoms with Crippen LogP contribution < -0.4 is 5.32 Å². The molecule has 19 nitrogen and oxygen atoms in total. The number of ether oxygens (including phenoxy) is 6. The number of rotatable bonds is 76. The largest absolute Gasteiger partial charge is 0.394 e. The molecule has 3 saturated heterocycles. The van der Waals surface area contributed by atoms with E-state index in [9.17, 15) is 61.0 Å². The zero-order chi connectivity index (χ0) is 80.3. The second kappa shape index (κ2) is 71.8. The highest BCUT2D eigenvalue weighted by Gasteiger charge is 2.54. The molecule has 19 heteroatoms. The van der Waals surface area contributed by atoms with Crippen LogP contribution in [0.3, 0.4) is 0 Å². The van der Waals surface area contributed by atoms with Crippen molar-refractivity contribution in [3.63, 3.8) is 0 Å². The SMILES string of the molecule is CCCCCCC/C=C\C/C=C\C/C=C\CCCCCCCCCCCCCCCCCCCCCCC(=O)NC(COC1OC(CO)C(OC2OC(CO)C(OC3OC(CO)C(O)C(O)C3O)C(O)C2O)C(O)C1O)C(O)/C=C/CCCCCCCCCCCCCCCCCCCCCCCCCCCCCCC. The van der Waals surface area contributed by atoms with Crippen LogP contribution in [-0.4, -0.2) is 193 Å². The minimum absolute atomic E-state index is 0.246. The molecule has 3 aliphatic rings. The van der Waals surface area contributed by atoms with Gasteiger partial charge in [0.25, 0.3) is 0 Å². The number of allylic oxidation sites excluding steroid dienone is 7. The van der Waals surface area contributed by atoms with E-state index < -0.39 is 124 Å². The maximum Gasteiger partial charge on any atom is 0.220 e. The lowest BCUT2D eigenvalue weighted by molar-refractivity contribution is -0.379. The van der Waals surface area contributed by atoms with Crippen molar-refractivity contribution >= 4 is 5.91 Å². The van der Waals surface area contributed by atoms with Crippen molar-refractivity contribution in [3.05, 3.63) is 48.6 Å². The first kappa shape index (κ1) is 103. The van der Waals surface area contributed by atoms with E-state index in [2.05, 4.69) is 55.6 Å². The number of amides is 1. The third kappa shape index (κ3) is 50.3. The fourth-order valence-corrected chi connectivity index (χ4v) is 15.7. The Morgan fingerprint density at radius 1 is 0.324 bits per heavy atom. The average molecular weight is 1580 g/mol. The standard InChI is InChI=1S/C92H171NO18/c1-3-5-7-9-11-13-15-17-19-21-23-25-27-29-31-33-35-36-37-38-40-42-44-46-48-50-52-54-56-58-60-62-64-66-68-70-80(98)93-75(76(97)69-67-65-63-61-59-57-55-53-51-49-47-45-43-41-39-34-32-30-28-26-24-22-20-18-16-14-12-10-8-6-4-2)74-106-90-86(104)83(101)88(78(72-95)108-90)111-92-87(105)84(102)89(79(73-96)109-92)110-91-85(103)82(100)81(99)77(71-94)107-91/h15,17,21,23,27,29,67,69,75-79,81-92,94-97,99-105H,3-14,16,18-20,22,24-26,28,30-66,68,70-74H2,1-2H3,(H,93,98)/b17-15-,23-21-,29-27-,69-67+. The predicted octanol–water partition coefficient (Wildman–Crippen LogP) is 18.0. The summed E-state index contributed by atoms with van der Waals surface area (Å²) in [5, 5.41) is 121. The molecule has 0 aromatic heterocycles. The van der Waals surface area contributed by atoms with Crippen molar-refractivity contribution in [3.8, 4) is 0 Å². The number of carbonyl (C=O) groups is 1. The molecule has 12 N–H and O–H groups in total. The summed E-state index contributed by atoms with van der Waals surface area (Å²) in [6.45, 7) is 1.79. The van der Waals surface area contributed by atoms with Gasteiger partial charge in [0.05, 0.1) is 38.6 Å². The van der Waals surface area contributed by atoms with Crippen molar-refractivity contribution in [2.75, 3.05) is 26.4 Å². The fraction of sp³-hybridized carbons (Fsp3) is 0.902. The molecule has 17 unspecified atom stereocenters. The minimum atomic E-state index is -1.98. The molecule has 652 valence electrons. The van der Waals surface area contributed by atoms with Crippen LogP contribution in [0.25, 0.3) is 0 Å². The van der Waals surface area contributed by atoms with Crippen molar-refractivity contribution in [1.29, 1.82) is 0 Å². The molecule has 0 spiro atoms. The van der Waals surface area contributed by atoms with Gasteiger partial charge in [0, 0.05) is 6.42 Å². The highest BCUT2D eigenvalue weighted by Crippen LogP contribution is 2.34. The number of unbranched alkanes of at least 4 members (excludes halogenated alkanes) is 54. The molecule has 0 bridgehead atoms. The van der Waals surface area contributed by atoms with Gasteiger partial charge in [0.2, 0.25) is 5.91 Å². The zero-order valence-corrected chi connectivity index (χ0v) is 70.5. The summed E-state index contributed by atoms with van der Waals surface area (Å²) < 4.78 is 34.6. The van der Waals surface area contributed by atoms with Crippen LogP contribution in [0, 0.1) is 0 Å². The van der Waals surface area contributed by atoms with Gasteiger partial charge in [0.1, 0.15) is 73.2 Å². The van der Waals surface area contributed by atoms with Crippen molar-refractivity contribution in [2.45, 2.75) is 503 Å². The van der Waals surface area contributed by atoms with Gasteiger partial charge in [-0.2, -0.15) is 0 Å². The molecule has 0 radical (unpaired) electrons. The molecule has 3 fully saturated rings. The quantitative estimate of drug-likeness (QED) is 0.0199. The lowest BCUT2D eigenvalue weighted by Crippen LogP contribution is -2.66. The van der Waals surface area contributed by atoms with E-state index in [4.69, 9.17) is 28.4 Å². The smallest absolute Gasteiger partial charge is 0.220 e. The topological polar surface area (TPSA) is 307 Å². The van der Waals surface area contributed by atoms with Gasteiger partial charge >= 0.3 is 0 Å². The summed E-state index contributed by atoms with van der Waals surface area (Å²) in [6, 6.07) is -0.975. The average Bonchev–Trinajstić information content (AvgIpc) is 0.780. The van der Waals surface area contributed by atoms with Gasteiger partial charge < -0.3 is 89.9 Å². The van der Waals surface area contributed by atoms with Crippen LogP contribution in [0.2, 0.25) is 0 Å². The predicted molar refractivity (Wildman–Crippen MR) is 448 cm³/mol. The van der Waals surface area contributed by atoms with Gasteiger partial charge in [-0.1, -0.05) is 383 Å². The summed E-state index contributed by atoms with van der Waals surface area (Å²) in [5.41, 5.74) is 0. The highest BCUT2D eigenvalue weighted by atomic mass is 16.8. The molecular formula is C92H171NO18. The summed E-state index contributed by atoms with van der Waals surface area (Å²) >= 11 is 0. The fourth-order valence-electron chi connectivity index (χ4n) is 15.7. The van der Waals surface area contributed by atoms with Gasteiger partial charge in [0.15, 0.2) is 18.9 Å². The van der Waals surface area contributed by atoms with E-state index >= 15 is 0 Å². The maximum atomic E-state index is 13.5. The summed E-state index contributed by atoms with van der Waals surface area (Å²) in [4.78, 5) is 13.5. The Labute approximate surface area is 675 Å². The van der Waals surface area contributed by atoms with Crippen LogP contribution in [0.15, 0.2) is 48.6 Å². The van der Waals surface area contributed by atoms with Crippen molar-refractivity contribution in [1.82, 2.24) is 5.32 Å². The molecule has 0 aliphatic carbocycles. The number of aliphatic hydroxyl groups is 11. The van der Waals surface area contributed by atoms with Crippen LogP contribution in [0.4, 0.5) is 0 Å². The molecule has 1 amide bonds. The number of hydrogen-bond donors (Lipinski definition) is 12. The number of aliphatic hydroxyl groups excluding tert-OH is 11. The van der Waals surface area contributed by atoms with Gasteiger partial charge in [-0.15, -0.1) is 0 Å². The van der Waals surface area contributed by atoms with E-state index in [1.807, 2.05) is 6.08 Å². The van der Waals surface area contributed by atoms with E-state index in [1.54, 1.807) is 6.08 Å². The van der Waals surface area contributed by atoms with Crippen molar-refractivity contribution < 1.29 is 89.4 Å². The Hall–Kier alpha value is -2.25. The van der Waals surface area contributed by atoms with Crippen LogP contribution in [0.1, 0.15) is 399 Å². The minimum Gasteiger partial charge on any atom is -0.394 e. The third-order valence-corrected chi connectivity index (χ3v) is 23.1. The molecule has 3 aliphatic heterocycles. The number of nitrogens with one attached hydrogen (secondary N) is 1. The van der Waals surface area contributed by atoms with Crippen molar-refractivity contribution in [2.24, 2.45) is 0 Å². The Kier molecular flexibility index (Phi) is 66.6. The molecular weight excluding hydrogens is 1410 g/mol. The number of hydrogen-bond acceptors (Lipinski definition) is 18. The van der Waals surface area contributed by atoms with Crippen LogP contribution >= 0.6 is 0 Å².